The summed E-state index contributed by atoms with van der Waals surface area (Å²) in [6.07, 6.45) is 0.554. The Balaban J connectivity index is 2.20. The number of hydrogen-bond donors (Lipinski definition) is 1. The standard InChI is InChI=1S/C10H15NO2/c1-9(13-11)12-8-7-10-5-3-2-4-6-10/h2-6,9H,7-8,11H2,1H3. The summed E-state index contributed by atoms with van der Waals surface area (Å²) in [5.41, 5.74) is 1.26. The average Bonchev–Trinajstić information content (AvgIpc) is 2.19. The van der Waals surface area contributed by atoms with Gasteiger partial charge in [-0.05, 0) is 18.9 Å². The molecular formula is C10H15NO2. The summed E-state index contributed by atoms with van der Waals surface area (Å²) in [6, 6.07) is 10.2. The van der Waals surface area contributed by atoms with E-state index in [2.05, 4.69) is 17.0 Å². The summed E-state index contributed by atoms with van der Waals surface area (Å²) in [5.74, 6) is 4.93. The number of ether oxygens (including phenoxy) is 1. The molecule has 0 fully saturated rings. The molecule has 1 rings (SSSR count). The van der Waals surface area contributed by atoms with E-state index >= 15 is 0 Å². The maximum atomic E-state index is 5.25. The molecule has 0 aliphatic heterocycles. The highest BCUT2D eigenvalue weighted by Crippen LogP contribution is 2.00. The highest BCUT2D eigenvalue weighted by Gasteiger charge is 1.98. The summed E-state index contributed by atoms with van der Waals surface area (Å²) in [6.45, 7) is 2.40. The van der Waals surface area contributed by atoms with Crippen LogP contribution in [0.25, 0.3) is 0 Å². The van der Waals surface area contributed by atoms with Gasteiger partial charge in [-0.15, -0.1) is 0 Å². The van der Waals surface area contributed by atoms with E-state index in [-0.39, 0.29) is 6.29 Å². The molecule has 0 amide bonds. The van der Waals surface area contributed by atoms with Crippen LogP contribution in [0.3, 0.4) is 0 Å². The van der Waals surface area contributed by atoms with Crippen molar-refractivity contribution in [2.45, 2.75) is 19.6 Å². The second kappa shape index (κ2) is 5.70. The van der Waals surface area contributed by atoms with Crippen molar-refractivity contribution in [1.29, 1.82) is 0 Å². The second-order valence-electron chi connectivity index (χ2n) is 2.81. The van der Waals surface area contributed by atoms with Crippen LogP contribution in [-0.4, -0.2) is 12.9 Å². The molecule has 0 saturated carbocycles. The van der Waals surface area contributed by atoms with E-state index in [1.54, 1.807) is 6.92 Å². The Labute approximate surface area is 78.4 Å². The van der Waals surface area contributed by atoms with Crippen LogP contribution in [0.2, 0.25) is 0 Å². The zero-order valence-electron chi connectivity index (χ0n) is 7.77. The third-order valence-corrected chi connectivity index (χ3v) is 1.78. The lowest BCUT2D eigenvalue weighted by atomic mass is 10.2. The van der Waals surface area contributed by atoms with Crippen molar-refractivity contribution in [3.05, 3.63) is 35.9 Å². The summed E-state index contributed by atoms with van der Waals surface area (Å²) in [7, 11) is 0. The quantitative estimate of drug-likeness (QED) is 0.552. The van der Waals surface area contributed by atoms with Crippen molar-refractivity contribution in [3.8, 4) is 0 Å². The third-order valence-electron chi connectivity index (χ3n) is 1.78. The van der Waals surface area contributed by atoms with Gasteiger partial charge < -0.3 is 4.74 Å². The molecular weight excluding hydrogens is 166 g/mol. The molecule has 1 aromatic rings. The summed E-state index contributed by atoms with van der Waals surface area (Å²) in [4.78, 5) is 4.47. The first kappa shape index (κ1) is 10.2. The Morgan fingerprint density at radius 3 is 2.62 bits per heavy atom. The van der Waals surface area contributed by atoms with E-state index in [0.29, 0.717) is 6.61 Å². The van der Waals surface area contributed by atoms with E-state index < -0.39 is 0 Å². The van der Waals surface area contributed by atoms with Crippen molar-refractivity contribution >= 4 is 0 Å². The molecule has 1 unspecified atom stereocenters. The molecule has 0 radical (unpaired) electrons. The Morgan fingerprint density at radius 1 is 1.31 bits per heavy atom. The number of hydrogen-bond acceptors (Lipinski definition) is 3. The SMILES string of the molecule is CC(ON)OCCc1ccccc1. The van der Waals surface area contributed by atoms with Gasteiger partial charge in [-0.3, -0.25) is 4.84 Å². The monoisotopic (exact) mass is 181 g/mol. The maximum Gasteiger partial charge on any atom is 0.174 e. The molecule has 0 spiro atoms. The minimum Gasteiger partial charge on any atom is -0.351 e. The Kier molecular flexibility index (Phi) is 4.46. The summed E-state index contributed by atoms with van der Waals surface area (Å²) in [5, 5.41) is 0. The average molecular weight is 181 g/mol. The van der Waals surface area contributed by atoms with Crippen LogP contribution in [0.1, 0.15) is 12.5 Å². The predicted octanol–water partition coefficient (Wildman–Crippen LogP) is 1.48. The highest BCUT2D eigenvalue weighted by molar-refractivity contribution is 5.14. The van der Waals surface area contributed by atoms with Gasteiger partial charge in [0.05, 0.1) is 6.61 Å². The zero-order valence-corrected chi connectivity index (χ0v) is 7.77. The van der Waals surface area contributed by atoms with Gasteiger partial charge in [-0.1, -0.05) is 30.3 Å². The van der Waals surface area contributed by atoms with E-state index in [9.17, 15) is 0 Å². The Bertz CT molecular complexity index is 226. The molecule has 3 nitrogen and oxygen atoms in total. The van der Waals surface area contributed by atoms with E-state index in [4.69, 9.17) is 10.6 Å². The normalized spacial score (nSPS) is 12.8. The van der Waals surface area contributed by atoms with Gasteiger partial charge in [0.15, 0.2) is 6.29 Å². The Morgan fingerprint density at radius 2 is 2.00 bits per heavy atom. The van der Waals surface area contributed by atoms with Crippen LogP contribution in [0.15, 0.2) is 30.3 Å². The summed E-state index contributed by atoms with van der Waals surface area (Å²) < 4.78 is 5.25. The molecule has 0 aliphatic rings. The molecule has 1 atom stereocenters. The van der Waals surface area contributed by atoms with Gasteiger partial charge in [0.2, 0.25) is 0 Å². The Hall–Kier alpha value is -0.900. The topological polar surface area (TPSA) is 44.5 Å². The molecule has 0 aromatic heterocycles. The minimum atomic E-state index is -0.330. The molecule has 13 heavy (non-hydrogen) atoms. The molecule has 1 aromatic carbocycles. The number of nitrogens with two attached hydrogens (primary N) is 1. The third kappa shape index (κ3) is 4.03. The van der Waals surface area contributed by atoms with Crippen LogP contribution in [0.4, 0.5) is 0 Å². The number of rotatable bonds is 5. The molecule has 3 heteroatoms. The van der Waals surface area contributed by atoms with E-state index in [0.717, 1.165) is 6.42 Å². The lowest BCUT2D eigenvalue weighted by Crippen LogP contribution is -2.18. The van der Waals surface area contributed by atoms with Gasteiger partial charge >= 0.3 is 0 Å². The van der Waals surface area contributed by atoms with Crippen molar-refractivity contribution < 1.29 is 9.57 Å². The van der Waals surface area contributed by atoms with E-state index in [1.165, 1.54) is 5.56 Å². The zero-order chi connectivity index (χ0) is 9.52. The largest absolute Gasteiger partial charge is 0.351 e. The molecule has 0 saturated heterocycles. The molecule has 72 valence electrons. The summed E-state index contributed by atoms with van der Waals surface area (Å²) >= 11 is 0. The molecule has 2 N–H and O–H groups in total. The first-order valence-electron chi connectivity index (χ1n) is 4.34. The highest BCUT2D eigenvalue weighted by atomic mass is 16.7. The molecule has 0 aliphatic carbocycles. The van der Waals surface area contributed by atoms with Crippen molar-refractivity contribution in [2.75, 3.05) is 6.61 Å². The van der Waals surface area contributed by atoms with Crippen molar-refractivity contribution in [3.63, 3.8) is 0 Å². The van der Waals surface area contributed by atoms with Crippen LogP contribution >= 0.6 is 0 Å². The minimum absolute atomic E-state index is 0.330. The maximum absolute atomic E-state index is 5.25. The second-order valence-corrected chi connectivity index (χ2v) is 2.81. The fraction of sp³-hybridized carbons (Fsp3) is 0.400. The first-order valence-corrected chi connectivity index (χ1v) is 4.34. The predicted molar refractivity (Wildman–Crippen MR) is 50.8 cm³/mol. The van der Waals surface area contributed by atoms with Gasteiger partial charge in [0, 0.05) is 0 Å². The molecule has 0 bridgehead atoms. The van der Waals surface area contributed by atoms with Crippen LogP contribution in [-0.2, 0) is 16.0 Å². The van der Waals surface area contributed by atoms with Crippen LogP contribution < -0.4 is 5.90 Å². The van der Waals surface area contributed by atoms with Crippen molar-refractivity contribution in [2.24, 2.45) is 5.90 Å². The first-order chi connectivity index (χ1) is 6.33. The lowest BCUT2D eigenvalue weighted by molar-refractivity contribution is -0.132. The lowest BCUT2D eigenvalue weighted by Gasteiger charge is -2.09. The fourth-order valence-electron chi connectivity index (χ4n) is 1.03. The van der Waals surface area contributed by atoms with Crippen molar-refractivity contribution in [1.82, 2.24) is 0 Å². The van der Waals surface area contributed by atoms with Crippen LogP contribution in [0.5, 0.6) is 0 Å². The molecule has 0 heterocycles. The van der Waals surface area contributed by atoms with Gasteiger partial charge in [-0.2, -0.15) is 0 Å². The van der Waals surface area contributed by atoms with Gasteiger partial charge in [0.1, 0.15) is 0 Å². The van der Waals surface area contributed by atoms with Crippen LogP contribution in [0, 0.1) is 0 Å². The number of benzene rings is 1. The van der Waals surface area contributed by atoms with Gasteiger partial charge in [0.25, 0.3) is 0 Å². The van der Waals surface area contributed by atoms with E-state index in [1.807, 2.05) is 18.2 Å². The fourth-order valence-corrected chi connectivity index (χ4v) is 1.03. The van der Waals surface area contributed by atoms with Gasteiger partial charge in [-0.25, -0.2) is 5.90 Å². The smallest absolute Gasteiger partial charge is 0.174 e.